The van der Waals surface area contributed by atoms with E-state index in [-0.39, 0.29) is 22.8 Å². The van der Waals surface area contributed by atoms with Crippen LogP contribution in [0.4, 0.5) is 0 Å². The summed E-state index contributed by atoms with van der Waals surface area (Å²) in [7, 11) is 2.60. The highest BCUT2D eigenvalue weighted by atomic mass is 32.2. The zero-order valence-electron chi connectivity index (χ0n) is 17.1. The molecule has 2 atom stereocenters. The van der Waals surface area contributed by atoms with Crippen LogP contribution in [0.1, 0.15) is 28.4 Å². The van der Waals surface area contributed by atoms with Crippen LogP contribution in [-0.2, 0) is 29.6 Å². The van der Waals surface area contributed by atoms with Crippen molar-refractivity contribution in [3.63, 3.8) is 0 Å². The molecule has 3 N–H and O–H groups in total. The second kappa shape index (κ2) is 10.2. The summed E-state index contributed by atoms with van der Waals surface area (Å²) in [6.45, 7) is 2.38. The molecular weight excluding hydrogens is 416 g/mol. The van der Waals surface area contributed by atoms with Crippen LogP contribution in [0.2, 0.25) is 0 Å². The van der Waals surface area contributed by atoms with E-state index in [0.717, 1.165) is 0 Å². The summed E-state index contributed by atoms with van der Waals surface area (Å²) in [5.74, 6) is -2.23. The predicted molar refractivity (Wildman–Crippen MR) is 107 cm³/mol. The molecule has 0 bridgehead atoms. The van der Waals surface area contributed by atoms with E-state index in [0.29, 0.717) is 16.9 Å². The Balaban J connectivity index is 2.48. The summed E-state index contributed by atoms with van der Waals surface area (Å²) in [5.41, 5.74) is 0.879. The molecule has 2 amide bonds. The largest absolute Gasteiger partial charge is 0.507 e. The first kappa shape index (κ1) is 23.3. The van der Waals surface area contributed by atoms with Gasteiger partial charge in [-0.3, -0.25) is 9.59 Å². The molecule has 164 valence electrons. The van der Waals surface area contributed by atoms with Crippen LogP contribution >= 0.6 is 11.8 Å². The Bertz CT molecular complexity index is 857. The van der Waals surface area contributed by atoms with Crippen molar-refractivity contribution in [2.24, 2.45) is 0 Å². The number of hydrogen-bond donors (Lipinski definition) is 3. The van der Waals surface area contributed by atoms with E-state index in [9.17, 15) is 24.3 Å². The number of amides is 2. The summed E-state index contributed by atoms with van der Waals surface area (Å²) in [5, 5.41) is 15.3. The third-order valence-corrected chi connectivity index (χ3v) is 5.52. The number of nitrogens with one attached hydrogen (secondary N) is 2. The van der Waals surface area contributed by atoms with Crippen LogP contribution in [0.3, 0.4) is 0 Å². The number of fused-ring (bicyclic) bond motifs is 1. The standard InChI is InChI=1S/C19H24N2O8S/c1-9-15(27-3)5-14(23)11-7-30-8-13(18(25)28-4)21-17(24)12(20-10(2)22)6-29-19(26)16(9)11/h5,12-13,23H,6-8H2,1-4H3,(H,20,22)(H,21,24)/t12-,13-/m0/s1. The molecule has 1 aromatic carbocycles. The predicted octanol–water partition coefficient (Wildman–Crippen LogP) is 0.275. The Hall–Kier alpha value is -2.95. The molecule has 2 rings (SSSR count). The molecule has 0 aromatic heterocycles. The van der Waals surface area contributed by atoms with E-state index in [1.165, 1.54) is 39.0 Å². The van der Waals surface area contributed by atoms with E-state index in [1.54, 1.807) is 6.92 Å². The second-order valence-corrected chi connectivity index (χ2v) is 7.56. The zero-order chi connectivity index (χ0) is 22.4. The molecule has 0 aliphatic carbocycles. The lowest BCUT2D eigenvalue weighted by Gasteiger charge is -2.24. The molecule has 0 fully saturated rings. The summed E-state index contributed by atoms with van der Waals surface area (Å²) < 4.78 is 15.2. The average molecular weight is 440 g/mol. The molecule has 1 heterocycles. The summed E-state index contributed by atoms with van der Waals surface area (Å²) >= 11 is 1.21. The zero-order valence-corrected chi connectivity index (χ0v) is 17.9. The van der Waals surface area contributed by atoms with E-state index >= 15 is 0 Å². The molecule has 0 saturated heterocycles. The lowest BCUT2D eigenvalue weighted by Crippen LogP contribution is -2.54. The molecule has 1 aliphatic heterocycles. The number of methoxy groups -OCH3 is 2. The number of phenolic OH excluding ortho intramolecular Hbond substituents is 1. The Morgan fingerprint density at radius 3 is 2.63 bits per heavy atom. The van der Waals surface area contributed by atoms with Gasteiger partial charge in [-0.2, -0.15) is 11.8 Å². The van der Waals surface area contributed by atoms with E-state index < -0.39 is 42.4 Å². The molecule has 0 radical (unpaired) electrons. The highest BCUT2D eigenvalue weighted by Crippen LogP contribution is 2.35. The fraction of sp³-hybridized carbons (Fsp3) is 0.474. The van der Waals surface area contributed by atoms with Gasteiger partial charge in [0.2, 0.25) is 11.8 Å². The maximum Gasteiger partial charge on any atom is 0.339 e. The molecule has 0 saturated carbocycles. The van der Waals surface area contributed by atoms with Crippen LogP contribution in [0.15, 0.2) is 6.07 Å². The van der Waals surface area contributed by atoms with Gasteiger partial charge in [-0.25, -0.2) is 9.59 Å². The van der Waals surface area contributed by atoms with Crippen LogP contribution in [0.5, 0.6) is 11.5 Å². The van der Waals surface area contributed by atoms with Crippen molar-refractivity contribution in [3.05, 3.63) is 22.8 Å². The minimum atomic E-state index is -1.22. The summed E-state index contributed by atoms with van der Waals surface area (Å²) in [4.78, 5) is 48.9. The van der Waals surface area contributed by atoms with Gasteiger partial charge in [0.25, 0.3) is 0 Å². The monoisotopic (exact) mass is 440 g/mol. The Morgan fingerprint density at radius 1 is 1.33 bits per heavy atom. The molecule has 30 heavy (non-hydrogen) atoms. The first-order valence-corrected chi connectivity index (χ1v) is 10.1. The Labute approximate surface area is 177 Å². The smallest absolute Gasteiger partial charge is 0.339 e. The molecule has 1 aromatic rings. The number of phenols is 1. The van der Waals surface area contributed by atoms with Gasteiger partial charge in [0.1, 0.15) is 30.2 Å². The second-order valence-electron chi connectivity index (χ2n) is 6.53. The Morgan fingerprint density at radius 2 is 2.03 bits per heavy atom. The molecule has 11 heteroatoms. The number of ether oxygens (including phenoxy) is 3. The minimum Gasteiger partial charge on any atom is -0.507 e. The van der Waals surface area contributed by atoms with Gasteiger partial charge in [0, 0.05) is 35.6 Å². The third-order valence-electron chi connectivity index (χ3n) is 4.46. The van der Waals surface area contributed by atoms with Gasteiger partial charge in [0.05, 0.1) is 19.8 Å². The number of carbonyl (C=O) groups excluding carboxylic acids is 4. The molecule has 10 nitrogen and oxygen atoms in total. The number of aromatic hydroxyl groups is 1. The van der Waals surface area contributed by atoms with Crippen molar-refractivity contribution in [2.45, 2.75) is 31.7 Å². The molecule has 0 spiro atoms. The van der Waals surface area contributed by atoms with Crippen molar-refractivity contribution in [2.75, 3.05) is 26.6 Å². The van der Waals surface area contributed by atoms with Crippen molar-refractivity contribution in [1.82, 2.24) is 10.6 Å². The van der Waals surface area contributed by atoms with Crippen LogP contribution in [0.25, 0.3) is 0 Å². The van der Waals surface area contributed by atoms with Crippen LogP contribution < -0.4 is 15.4 Å². The quantitative estimate of drug-likeness (QED) is 0.565. The van der Waals surface area contributed by atoms with E-state index in [4.69, 9.17) is 14.2 Å². The number of cyclic esters (lactones) is 1. The van der Waals surface area contributed by atoms with Crippen molar-refractivity contribution in [1.29, 1.82) is 0 Å². The van der Waals surface area contributed by atoms with E-state index in [2.05, 4.69) is 10.6 Å². The van der Waals surface area contributed by atoms with Crippen molar-refractivity contribution < 1.29 is 38.5 Å². The summed E-state index contributed by atoms with van der Waals surface area (Å²) in [6.07, 6.45) is 0. The average Bonchev–Trinajstić information content (AvgIpc) is 2.70. The van der Waals surface area contributed by atoms with E-state index in [1.807, 2.05) is 0 Å². The van der Waals surface area contributed by atoms with Crippen LogP contribution in [-0.4, -0.2) is 67.5 Å². The fourth-order valence-corrected chi connectivity index (χ4v) is 4.02. The number of thioether (sulfide) groups is 1. The lowest BCUT2D eigenvalue weighted by atomic mass is 10.0. The van der Waals surface area contributed by atoms with Gasteiger partial charge in [-0.05, 0) is 6.92 Å². The fourth-order valence-electron chi connectivity index (χ4n) is 2.95. The summed E-state index contributed by atoms with van der Waals surface area (Å²) in [6, 6.07) is -0.817. The normalized spacial score (nSPS) is 19.9. The molecule has 0 unspecified atom stereocenters. The maximum absolute atomic E-state index is 12.8. The minimum absolute atomic E-state index is 0.108. The molecule has 1 aliphatic rings. The number of benzene rings is 1. The topological polar surface area (TPSA) is 140 Å². The number of esters is 2. The first-order valence-electron chi connectivity index (χ1n) is 8.99. The third kappa shape index (κ3) is 5.35. The Kier molecular flexibility index (Phi) is 7.93. The highest BCUT2D eigenvalue weighted by molar-refractivity contribution is 7.98. The number of rotatable bonds is 3. The SMILES string of the molecule is COC(=O)[C@@H]1CSCc2c(O)cc(OC)c(C)c2C(=O)OC[C@H](NC(C)=O)C(=O)N1. The highest BCUT2D eigenvalue weighted by Gasteiger charge is 2.31. The van der Waals surface area contributed by atoms with Gasteiger partial charge in [-0.15, -0.1) is 0 Å². The molecular formula is C19H24N2O8S. The van der Waals surface area contributed by atoms with Gasteiger partial charge < -0.3 is 30.0 Å². The van der Waals surface area contributed by atoms with Gasteiger partial charge in [0.15, 0.2) is 0 Å². The van der Waals surface area contributed by atoms with Gasteiger partial charge in [-0.1, -0.05) is 0 Å². The first-order chi connectivity index (χ1) is 14.2. The van der Waals surface area contributed by atoms with Crippen LogP contribution in [0, 0.1) is 6.92 Å². The number of carbonyl (C=O) groups is 4. The van der Waals surface area contributed by atoms with Crippen molar-refractivity contribution >= 4 is 35.5 Å². The van der Waals surface area contributed by atoms with Crippen molar-refractivity contribution in [3.8, 4) is 11.5 Å². The maximum atomic E-state index is 12.8. The van der Waals surface area contributed by atoms with Gasteiger partial charge >= 0.3 is 11.9 Å². The lowest BCUT2D eigenvalue weighted by molar-refractivity contribution is -0.144. The number of hydrogen-bond acceptors (Lipinski definition) is 9.